The van der Waals surface area contributed by atoms with Gasteiger partial charge in [-0.3, -0.25) is 0 Å². The Labute approximate surface area is 478 Å². The van der Waals surface area contributed by atoms with Gasteiger partial charge in [-0.1, -0.05) is 256 Å². The molecule has 0 unspecified atom stereocenters. The Balaban J connectivity index is 1.30. The van der Waals surface area contributed by atoms with Crippen molar-refractivity contribution in [2.45, 2.75) is 131 Å². The molecule has 0 atom stereocenters. The molecule has 3 heterocycles. The summed E-state index contributed by atoms with van der Waals surface area (Å²) >= 11 is 0. The van der Waals surface area contributed by atoms with Crippen LogP contribution in [0, 0.1) is 0 Å². The molecule has 0 saturated heterocycles. The second-order valence-corrected chi connectivity index (χ2v) is 27.9. The summed E-state index contributed by atoms with van der Waals surface area (Å²) < 4.78 is 2.81. The van der Waals surface area contributed by atoms with E-state index in [0.29, 0.717) is 0 Å². The molecule has 3 nitrogen and oxygen atoms in total. The van der Waals surface area contributed by atoms with Crippen molar-refractivity contribution in [1.29, 1.82) is 0 Å². The predicted octanol–water partition coefficient (Wildman–Crippen LogP) is 20.0. The number of anilines is 6. The summed E-state index contributed by atoms with van der Waals surface area (Å²) in [7, 11) is 0. The quantitative estimate of drug-likeness (QED) is 0.147. The van der Waals surface area contributed by atoms with Gasteiger partial charge in [-0.15, -0.1) is 0 Å². The summed E-state index contributed by atoms with van der Waals surface area (Å²) in [6, 6.07) is 77.0. The van der Waals surface area contributed by atoms with Crippen molar-refractivity contribution in [2.24, 2.45) is 0 Å². The smallest absolute Gasteiger partial charge is 0.333 e. The van der Waals surface area contributed by atoms with Crippen LogP contribution in [-0.2, 0) is 27.1 Å². The molecule has 400 valence electrons. The number of nitrogens with zero attached hydrogens (tertiary/aromatic N) is 3. The van der Waals surface area contributed by atoms with Gasteiger partial charge in [0.05, 0.1) is 11.4 Å². The lowest BCUT2D eigenvalue weighted by molar-refractivity contribution is 0.589. The van der Waals surface area contributed by atoms with E-state index in [1.165, 1.54) is 111 Å². The minimum absolute atomic E-state index is 0.0185. The third-order valence-electron chi connectivity index (χ3n) is 17.2. The lowest BCUT2D eigenvalue weighted by atomic mass is 9.44. The van der Waals surface area contributed by atoms with Gasteiger partial charge in [0, 0.05) is 56.0 Å². The highest BCUT2D eigenvalue weighted by atomic mass is 15.2. The summed E-state index contributed by atoms with van der Waals surface area (Å²) in [5, 5.41) is 1.23. The van der Waals surface area contributed by atoms with Crippen LogP contribution < -0.4 is 20.7 Å². The SMILES string of the molecule is CC(C)(C)c1ccc(-c2c(-c3ccc(C(C)(C)C)cc3)n3c4c(ccc(N(c5ccccc5)c5ccccc5-c5ccccc5)c24)-c2cc(C(C)(C)C)cc4c2B3c2cc(C(C)(C)C)ccc2N4c2ccc(C(C)(C)C)cc2)cc1. The number of benzene rings is 9. The first kappa shape index (κ1) is 52.9. The zero-order chi connectivity index (χ0) is 56.4. The Hall–Kier alpha value is -7.82. The summed E-state index contributed by atoms with van der Waals surface area (Å²) in [5.74, 6) is 0. The van der Waals surface area contributed by atoms with E-state index in [2.05, 4.69) is 318 Å². The predicted molar refractivity (Wildman–Crippen MR) is 347 cm³/mol. The second kappa shape index (κ2) is 18.9. The highest BCUT2D eigenvalue weighted by molar-refractivity contribution is 6.90. The lowest BCUT2D eigenvalue weighted by Gasteiger charge is -2.42. The molecular formula is C76H78BN3. The van der Waals surface area contributed by atoms with Crippen LogP contribution in [0.2, 0.25) is 0 Å². The van der Waals surface area contributed by atoms with E-state index in [4.69, 9.17) is 0 Å². The third kappa shape index (κ3) is 9.00. The average Bonchev–Trinajstić information content (AvgIpc) is 3.83. The molecule has 9 aromatic carbocycles. The summed E-state index contributed by atoms with van der Waals surface area (Å²) in [6.07, 6.45) is 0. The van der Waals surface area contributed by atoms with Crippen LogP contribution in [0.15, 0.2) is 200 Å². The van der Waals surface area contributed by atoms with Crippen molar-refractivity contribution in [3.8, 4) is 44.6 Å². The van der Waals surface area contributed by atoms with E-state index in [0.717, 1.165) is 17.1 Å². The van der Waals surface area contributed by atoms with Crippen molar-refractivity contribution in [3.05, 3.63) is 228 Å². The van der Waals surface area contributed by atoms with E-state index in [9.17, 15) is 0 Å². The van der Waals surface area contributed by atoms with Gasteiger partial charge in [-0.25, -0.2) is 0 Å². The Morgan fingerprint density at radius 2 is 0.875 bits per heavy atom. The Kier molecular flexibility index (Phi) is 12.5. The Morgan fingerprint density at radius 3 is 1.45 bits per heavy atom. The van der Waals surface area contributed by atoms with Gasteiger partial charge >= 0.3 is 6.85 Å². The number of hydrogen-bond donors (Lipinski definition) is 0. The van der Waals surface area contributed by atoms with Gasteiger partial charge < -0.3 is 14.3 Å². The van der Waals surface area contributed by atoms with E-state index in [1.807, 2.05) is 0 Å². The van der Waals surface area contributed by atoms with Crippen molar-refractivity contribution < 1.29 is 0 Å². The van der Waals surface area contributed by atoms with Gasteiger partial charge in [0.25, 0.3) is 0 Å². The van der Waals surface area contributed by atoms with Gasteiger partial charge in [0.1, 0.15) is 0 Å². The summed E-state index contributed by atoms with van der Waals surface area (Å²) in [6.45, 7) is 34.9. The molecule has 2 aliphatic heterocycles. The first-order valence-electron chi connectivity index (χ1n) is 29.0. The molecule has 1 aromatic heterocycles. The molecule has 4 heteroatoms. The zero-order valence-corrected chi connectivity index (χ0v) is 50.0. The number of rotatable bonds is 7. The largest absolute Gasteiger partial charge is 0.375 e. The molecule has 0 fully saturated rings. The van der Waals surface area contributed by atoms with Crippen molar-refractivity contribution in [1.82, 2.24) is 4.48 Å². The number of aromatic nitrogens is 1. The van der Waals surface area contributed by atoms with Gasteiger partial charge in [0.15, 0.2) is 0 Å². The highest BCUT2D eigenvalue weighted by Gasteiger charge is 2.46. The molecule has 0 radical (unpaired) electrons. The van der Waals surface area contributed by atoms with Crippen LogP contribution in [0.1, 0.15) is 132 Å². The van der Waals surface area contributed by atoms with E-state index >= 15 is 0 Å². The fourth-order valence-electron chi connectivity index (χ4n) is 12.6. The average molecular weight is 1040 g/mol. The van der Waals surface area contributed by atoms with Crippen LogP contribution in [0.25, 0.3) is 55.5 Å². The van der Waals surface area contributed by atoms with E-state index < -0.39 is 0 Å². The summed E-state index contributed by atoms with van der Waals surface area (Å²) in [4.78, 5) is 5.15. The molecule has 0 bridgehead atoms. The van der Waals surface area contributed by atoms with Gasteiger partial charge in [0.2, 0.25) is 0 Å². The highest BCUT2D eigenvalue weighted by Crippen LogP contribution is 2.55. The minimum atomic E-state index is -0.191. The molecule has 80 heavy (non-hydrogen) atoms. The van der Waals surface area contributed by atoms with Gasteiger partial charge in [-0.05, 0) is 137 Å². The molecule has 0 amide bonds. The molecule has 0 saturated carbocycles. The molecule has 10 aromatic rings. The van der Waals surface area contributed by atoms with E-state index in [1.54, 1.807) is 0 Å². The Morgan fingerprint density at radius 1 is 0.362 bits per heavy atom. The fourth-order valence-corrected chi connectivity index (χ4v) is 12.6. The normalized spacial score (nSPS) is 13.4. The van der Waals surface area contributed by atoms with Crippen LogP contribution in [0.4, 0.5) is 34.1 Å². The van der Waals surface area contributed by atoms with Crippen LogP contribution in [-0.4, -0.2) is 11.3 Å². The fraction of sp³-hybridized carbons (Fsp3) is 0.263. The van der Waals surface area contributed by atoms with Crippen LogP contribution in [0.3, 0.4) is 0 Å². The second-order valence-electron chi connectivity index (χ2n) is 27.9. The molecule has 0 aliphatic carbocycles. The van der Waals surface area contributed by atoms with Crippen molar-refractivity contribution in [3.63, 3.8) is 0 Å². The van der Waals surface area contributed by atoms with E-state index in [-0.39, 0.29) is 33.9 Å². The Bertz CT molecular complexity index is 3980. The molecule has 12 rings (SSSR count). The standard InChI is InChI=1S/C76H78BN3/c1-72(2,3)52-34-30-50(31-35-52)67-68-65(78(57-26-20-17-21-27-57)63-29-23-22-28-59(63)49-24-18-16-19-25-49)45-43-60-61-46-56(76(13,14)15)48-66-69(61)77(80(71(60)68)70(67)51-32-36-53(37-33-51)73(4,5)6)62-47-55(75(10,11)12)40-44-64(62)79(66)58-41-38-54(39-42-58)74(7,8)9/h16-48H,1-15H3. The molecule has 0 spiro atoms. The zero-order valence-electron chi connectivity index (χ0n) is 50.0. The maximum absolute atomic E-state index is 2.81. The van der Waals surface area contributed by atoms with Crippen molar-refractivity contribution in [2.75, 3.05) is 9.80 Å². The topological polar surface area (TPSA) is 11.4 Å². The van der Waals surface area contributed by atoms with Crippen LogP contribution >= 0.6 is 0 Å². The first-order valence-corrected chi connectivity index (χ1v) is 29.0. The monoisotopic (exact) mass is 1040 g/mol. The number of para-hydroxylation sites is 2. The maximum atomic E-state index is 2.81. The third-order valence-corrected chi connectivity index (χ3v) is 17.2. The molecule has 0 N–H and O–H groups in total. The molecular weight excluding hydrogens is 966 g/mol. The minimum Gasteiger partial charge on any atom is -0.375 e. The van der Waals surface area contributed by atoms with Crippen molar-refractivity contribution >= 4 is 62.8 Å². The lowest BCUT2D eigenvalue weighted by Crippen LogP contribution is -2.57. The number of fused-ring (bicyclic) bond motifs is 4. The van der Waals surface area contributed by atoms with Crippen LogP contribution in [0.5, 0.6) is 0 Å². The number of hydrogen-bond acceptors (Lipinski definition) is 2. The first-order chi connectivity index (χ1) is 37.9. The maximum Gasteiger partial charge on any atom is 0.333 e. The molecule has 2 aliphatic rings. The van der Waals surface area contributed by atoms with Gasteiger partial charge in [-0.2, -0.15) is 0 Å². The summed E-state index contributed by atoms with van der Waals surface area (Å²) in [5.41, 5.74) is 26.9.